The molecule has 170 valence electrons. The highest BCUT2D eigenvalue weighted by molar-refractivity contribution is 7.85. The van der Waals surface area contributed by atoms with Gasteiger partial charge in [-0.2, -0.15) is 4.57 Å². The van der Waals surface area contributed by atoms with Gasteiger partial charge in [0.2, 0.25) is 11.4 Å². The Labute approximate surface area is 197 Å². The minimum absolute atomic E-state index is 0.00814. The van der Waals surface area contributed by atoms with Crippen molar-refractivity contribution in [2.24, 2.45) is 7.05 Å². The Morgan fingerprint density at radius 3 is 2.15 bits per heavy atom. The SMILES string of the molecule is CC(=O)N(/C=C/c1sc2ccccc2[n+]1C)c1ccccc1.Cc1ccc(S(=O)(=O)[O-])cc1. The first-order chi connectivity index (χ1) is 15.7. The van der Waals surface area contributed by atoms with Crippen LogP contribution in [-0.4, -0.2) is 18.9 Å². The van der Waals surface area contributed by atoms with Crippen molar-refractivity contribution >= 4 is 49.3 Å². The number of amides is 1. The molecule has 0 N–H and O–H groups in total. The molecule has 1 amide bonds. The van der Waals surface area contributed by atoms with E-state index in [1.807, 2.05) is 68.7 Å². The second kappa shape index (κ2) is 10.5. The molecule has 0 atom stereocenters. The van der Waals surface area contributed by atoms with Crippen molar-refractivity contribution in [1.29, 1.82) is 0 Å². The lowest BCUT2D eigenvalue weighted by Gasteiger charge is -2.15. The van der Waals surface area contributed by atoms with E-state index in [0.717, 1.165) is 16.3 Å². The Hall–Kier alpha value is -3.33. The van der Waals surface area contributed by atoms with Crippen molar-refractivity contribution in [2.75, 3.05) is 4.90 Å². The van der Waals surface area contributed by atoms with E-state index in [1.54, 1.807) is 35.3 Å². The average Bonchev–Trinajstić information content (AvgIpc) is 3.10. The zero-order chi connectivity index (χ0) is 24.0. The van der Waals surface area contributed by atoms with Crippen molar-refractivity contribution in [3.8, 4) is 0 Å². The second-order valence-corrected chi connectivity index (χ2v) is 9.72. The molecule has 33 heavy (non-hydrogen) atoms. The molecule has 1 heterocycles. The van der Waals surface area contributed by atoms with Gasteiger partial charge in [-0.1, -0.05) is 59.4 Å². The molecule has 4 rings (SSSR count). The van der Waals surface area contributed by atoms with Crippen LogP contribution in [0.4, 0.5) is 5.69 Å². The van der Waals surface area contributed by atoms with Crippen LogP contribution in [0.25, 0.3) is 16.3 Å². The van der Waals surface area contributed by atoms with Crippen LogP contribution in [0, 0.1) is 6.92 Å². The predicted molar refractivity (Wildman–Crippen MR) is 131 cm³/mol. The lowest BCUT2D eigenvalue weighted by Crippen LogP contribution is -2.29. The first kappa shape index (κ1) is 24.3. The van der Waals surface area contributed by atoms with E-state index in [-0.39, 0.29) is 10.8 Å². The van der Waals surface area contributed by atoms with E-state index >= 15 is 0 Å². The van der Waals surface area contributed by atoms with Crippen molar-refractivity contribution in [3.63, 3.8) is 0 Å². The van der Waals surface area contributed by atoms with Crippen LogP contribution in [0.2, 0.25) is 0 Å². The zero-order valence-electron chi connectivity index (χ0n) is 18.5. The Morgan fingerprint density at radius 2 is 1.58 bits per heavy atom. The van der Waals surface area contributed by atoms with Crippen LogP contribution >= 0.6 is 11.3 Å². The molecule has 0 saturated carbocycles. The number of carbonyl (C=O) groups is 1. The summed E-state index contributed by atoms with van der Waals surface area (Å²) in [6.07, 6.45) is 3.82. The van der Waals surface area contributed by atoms with E-state index in [0.29, 0.717) is 0 Å². The molecule has 8 heteroatoms. The van der Waals surface area contributed by atoms with Crippen LogP contribution in [0.15, 0.2) is 90.0 Å². The Morgan fingerprint density at radius 1 is 0.970 bits per heavy atom. The first-order valence-corrected chi connectivity index (χ1v) is 12.3. The molecule has 0 radical (unpaired) electrons. The lowest BCUT2D eigenvalue weighted by molar-refractivity contribution is -0.642. The van der Waals surface area contributed by atoms with Crippen LogP contribution in [0.5, 0.6) is 0 Å². The second-order valence-electron chi connectivity index (χ2n) is 7.27. The molecular formula is C25H24N2O4S2. The molecule has 3 aromatic carbocycles. The van der Waals surface area contributed by atoms with Gasteiger partial charge in [0.15, 0.2) is 0 Å². The molecule has 0 aliphatic rings. The zero-order valence-corrected chi connectivity index (χ0v) is 20.1. The maximum absolute atomic E-state index is 11.9. The number of nitrogens with zero attached hydrogens (tertiary/aromatic N) is 2. The van der Waals surface area contributed by atoms with Gasteiger partial charge >= 0.3 is 0 Å². The fraction of sp³-hybridized carbons (Fsp3) is 0.120. The number of anilines is 1. The Balaban J connectivity index is 0.000000235. The molecule has 4 aromatic rings. The van der Waals surface area contributed by atoms with Crippen LogP contribution < -0.4 is 9.47 Å². The summed E-state index contributed by atoms with van der Waals surface area (Å²) in [6, 6.07) is 23.7. The van der Waals surface area contributed by atoms with Crippen molar-refractivity contribution < 1.29 is 22.3 Å². The van der Waals surface area contributed by atoms with Gasteiger partial charge in [0.1, 0.15) is 21.9 Å². The summed E-state index contributed by atoms with van der Waals surface area (Å²) >= 11 is 1.71. The molecule has 0 bridgehead atoms. The number of fused-ring (bicyclic) bond motifs is 1. The summed E-state index contributed by atoms with van der Waals surface area (Å²) in [5.41, 5.74) is 2.99. The largest absolute Gasteiger partial charge is 0.744 e. The van der Waals surface area contributed by atoms with Gasteiger partial charge in [-0.05, 0) is 37.3 Å². The smallest absolute Gasteiger partial charge is 0.264 e. The first-order valence-electron chi connectivity index (χ1n) is 10.1. The van der Waals surface area contributed by atoms with Crippen LogP contribution in [-0.2, 0) is 22.0 Å². The number of carbonyl (C=O) groups excluding carboxylic acids is 1. The van der Waals surface area contributed by atoms with E-state index in [2.05, 4.69) is 16.7 Å². The summed E-state index contributed by atoms with van der Waals surface area (Å²) in [6.45, 7) is 3.39. The monoisotopic (exact) mass is 480 g/mol. The number of hydrogen-bond acceptors (Lipinski definition) is 5. The number of hydrogen-bond donors (Lipinski definition) is 0. The van der Waals surface area contributed by atoms with E-state index in [9.17, 15) is 17.8 Å². The number of thiazole rings is 1. The van der Waals surface area contributed by atoms with Crippen LogP contribution in [0.3, 0.4) is 0 Å². The third kappa shape index (κ3) is 6.35. The third-order valence-corrected chi connectivity index (χ3v) is 6.85. The highest BCUT2D eigenvalue weighted by atomic mass is 32.2. The summed E-state index contributed by atoms with van der Waals surface area (Å²) in [4.78, 5) is 13.4. The van der Waals surface area contributed by atoms with E-state index < -0.39 is 10.1 Å². The summed E-state index contributed by atoms with van der Waals surface area (Å²) < 4.78 is 34.5. The molecule has 0 aliphatic carbocycles. The van der Waals surface area contributed by atoms with Gasteiger partial charge in [0.05, 0.1) is 4.90 Å². The lowest BCUT2D eigenvalue weighted by atomic mass is 10.2. The maximum Gasteiger partial charge on any atom is 0.264 e. The molecule has 0 spiro atoms. The summed E-state index contributed by atoms with van der Waals surface area (Å²) in [5.74, 6) is -0.00814. The molecule has 0 unspecified atom stereocenters. The summed E-state index contributed by atoms with van der Waals surface area (Å²) in [5, 5.41) is 1.10. The van der Waals surface area contributed by atoms with Crippen molar-refractivity contribution in [2.45, 2.75) is 18.7 Å². The fourth-order valence-electron chi connectivity index (χ4n) is 3.07. The quantitative estimate of drug-likeness (QED) is 0.315. The van der Waals surface area contributed by atoms with Gasteiger partial charge in [0.25, 0.3) is 5.01 Å². The van der Waals surface area contributed by atoms with Crippen molar-refractivity contribution in [1.82, 2.24) is 0 Å². The molecular weight excluding hydrogens is 456 g/mol. The Kier molecular flexibility index (Phi) is 7.75. The van der Waals surface area contributed by atoms with Crippen LogP contribution in [0.1, 0.15) is 17.5 Å². The maximum atomic E-state index is 11.9. The van der Waals surface area contributed by atoms with Gasteiger partial charge in [-0.3, -0.25) is 9.69 Å². The molecule has 0 fully saturated rings. The number of aryl methyl sites for hydroxylation is 2. The number of aromatic nitrogens is 1. The number of rotatable bonds is 4. The predicted octanol–water partition coefficient (Wildman–Crippen LogP) is 4.65. The highest BCUT2D eigenvalue weighted by Crippen LogP contribution is 2.21. The number of para-hydroxylation sites is 2. The molecule has 0 saturated heterocycles. The summed E-state index contributed by atoms with van der Waals surface area (Å²) in [7, 11) is -2.23. The van der Waals surface area contributed by atoms with E-state index in [1.165, 1.54) is 22.3 Å². The van der Waals surface area contributed by atoms with Gasteiger partial charge < -0.3 is 4.55 Å². The van der Waals surface area contributed by atoms with E-state index in [4.69, 9.17) is 0 Å². The topological polar surface area (TPSA) is 81.4 Å². The standard InChI is InChI=1S/C18H17N2OS.C7H8O3S/c1-14(21)20(15-8-4-3-5-9-15)13-12-18-19(2)16-10-6-7-11-17(16)22-18;1-6-2-4-7(5-3-6)11(8,9)10/h3-13H,1-2H3;2-5H,1H3,(H,8,9,10)/q+1;/p-1. The third-order valence-electron chi connectivity index (χ3n) is 4.82. The average molecular weight is 481 g/mol. The number of benzene rings is 3. The van der Waals surface area contributed by atoms with Gasteiger partial charge in [-0.25, -0.2) is 8.42 Å². The van der Waals surface area contributed by atoms with Crippen molar-refractivity contribution in [3.05, 3.63) is 95.6 Å². The van der Waals surface area contributed by atoms with Gasteiger partial charge in [0, 0.05) is 31.0 Å². The molecule has 6 nitrogen and oxygen atoms in total. The molecule has 1 aromatic heterocycles. The Bertz CT molecular complexity index is 1380. The normalized spacial score (nSPS) is 11.3. The minimum atomic E-state index is -4.27. The van der Waals surface area contributed by atoms with Gasteiger partial charge in [-0.15, -0.1) is 0 Å². The highest BCUT2D eigenvalue weighted by Gasteiger charge is 2.15. The fourth-order valence-corrected chi connectivity index (χ4v) is 4.59. The minimum Gasteiger partial charge on any atom is -0.744 e. The molecule has 0 aliphatic heterocycles.